The Bertz CT molecular complexity index is 723. The van der Waals surface area contributed by atoms with Gasteiger partial charge in [-0.25, -0.2) is 0 Å². The van der Waals surface area contributed by atoms with Gasteiger partial charge in [-0.3, -0.25) is 0 Å². The highest BCUT2D eigenvalue weighted by molar-refractivity contribution is 7.99. The molecule has 0 saturated heterocycles. The molecule has 0 aromatic heterocycles. The lowest BCUT2D eigenvalue weighted by atomic mass is 10.1. The summed E-state index contributed by atoms with van der Waals surface area (Å²) in [5.41, 5.74) is 1.89. The van der Waals surface area contributed by atoms with Gasteiger partial charge in [-0.1, -0.05) is 48.2 Å². The van der Waals surface area contributed by atoms with Gasteiger partial charge in [0.25, 0.3) is 0 Å². The minimum absolute atomic E-state index is 0.345. The molecule has 0 amide bonds. The highest BCUT2D eigenvalue weighted by Crippen LogP contribution is 2.17. The van der Waals surface area contributed by atoms with Gasteiger partial charge in [0.05, 0.1) is 11.5 Å². The van der Waals surface area contributed by atoms with E-state index in [4.69, 9.17) is 0 Å². The molecule has 0 aliphatic carbocycles. The summed E-state index contributed by atoms with van der Waals surface area (Å²) in [6.45, 7) is 0. The van der Waals surface area contributed by atoms with Gasteiger partial charge in [-0.15, -0.1) is 23.6 Å². The van der Waals surface area contributed by atoms with E-state index in [-0.39, 0.29) is 0 Å². The molecule has 0 spiro atoms. The maximum atomic E-state index is 9.66. The summed E-state index contributed by atoms with van der Waals surface area (Å²) in [5.74, 6) is 14.8. The molecule has 128 valence electrons. The van der Waals surface area contributed by atoms with Crippen LogP contribution in [0.3, 0.4) is 0 Å². The van der Waals surface area contributed by atoms with Crippen molar-refractivity contribution in [3.05, 3.63) is 59.7 Å². The SMILES string of the molecule is Oc1ccccc1CCC#CCSCC#CCCc1ccccc1O. The second-order valence-electron chi connectivity index (χ2n) is 5.46. The first-order chi connectivity index (χ1) is 12.3. The minimum atomic E-state index is 0.345. The molecule has 2 aromatic carbocycles. The number of para-hydroxylation sites is 2. The summed E-state index contributed by atoms with van der Waals surface area (Å²) in [5, 5.41) is 19.3. The van der Waals surface area contributed by atoms with Crippen LogP contribution in [-0.2, 0) is 12.8 Å². The molecule has 2 nitrogen and oxygen atoms in total. The van der Waals surface area contributed by atoms with E-state index < -0.39 is 0 Å². The van der Waals surface area contributed by atoms with Crippen LogP contribution in [0.4, 0.5) is 0 Å². The Kier molecular flexibility index (Phi) is 8.39. The van der Waals surface area contributed by atoms with Crippen molar-refractivity contribution in [1.29, 1.82) is 0 Å². The fourth-order valence-electron chi connectivity index (χ4n) is 2.27. The summed E-state index contributed by atoms with van der Waals surface area (Å²) in [6, 6.07) is 14.8. The second-order valence-corrected chi connectivity index (χ2v) is 6.44. The molecule has 3 heteroatoms. The molecule has 2 aromatic rings. The highest BCUT2D eigenvalue weighted by atomic mass is 32.2. The van der Waals surface area contributed by atoms with Gasteiger partial charge < -0.3 is 10.2 Å². The molecule has 25 heavy (non-hydrogen) atoms. The molecule has 2 rings (SSSR count). The normalized spacial score (nSPS) is 9.60. The van der Waals surface area contributed by atoms with E-state index in [1.165, 1.54) is 0 Å². The fourth-order valence-corrected chi connectivity index (χ4v) is 2.78. The Morgan fingerprint density at radius 1 is 0.640 bits per heavy atom. The van der Waals surface area contributed by atoms with Gasteiger partial charge in [-0.05, 0) is 36.1 Å². The van der Waals surface area contributed by atoms with E-state index >= 15 is 0 Å². The number of hydrogen-bond donors (Lipinski definition) is 2. The van der Waals surface area contributed by atoms with Crippen molar-refractivity contribution >= 4 is 11.8 Å². The summed E-state index contributed by atoms with van der Waals surface area (Å²) >= 11 is 1.71. The predicted molar refractivity (Wildman–Crippen MR) is 106 cm³/mol. The smallest absolute Gasteiger partial charge is 0.118 e. The lowest BCUT2D eigenvalue weighted by Crippen LogP contribution is -1.85. The first kappa shape index (κ1) is 18.8. The molecule has 0 unspecified atom stereocenters. The third-order valence-corrected chi connectivity index (χ3v) is 4.32. The summed E-state index contributed by atoms with van der Waals surface area (Å²) in [7, 11) is 0. The van der Waals surface area contributed by atoms with Crippen molar-refractivity contribution in [2.75, 3.05) is 11.5 Å². The van der Waals surface area contributed by atoms with Crippen LogP contribution in [0.5, 0.6) is 11.5 Å². The van der Waals surface area contributed by atoms with Crippen molar-refractivity contribution < 1.29 is 10.2 Å². The zero-order valence-electron chi connectivity index (χ0n) is 14.2. The number of phenols is 2. The Morgan fingerprint density at radius 2 is 1.08 bits per heavy atom. The molecule has 0 heterocycles. The van der Waals surface area contributed by atoms with E-state index in [1.54, 1.807) is 23.9 Å². The van der Waals surface area contributed by atoms with Crippen LogP contribution in [0.2, 0.25) is 0 Å². The number of hydrogen-bond acceptors (Lipinski definition) is 3. The topological polar surface area (TPSA) is 40.5 Å². The van der Waals surface area contributed by atoms with E-state index in [1.807, 2.05) is 36.4 Å². The average Bonchev–Trinajstić information content (AvgIpc) is 2.62. The Morgan fingerprint density at radius 3 is 1.52 bits per heavy atom. The number of aryl methyl sites for hydroxylation is 2. The molecule has 0 fully saturated rings. The standard InChI is InChI=1S/C22H22O2S/c23-21-15-7-5-13-19(21)11-3-1-9-17-25-18-10-2-4-12-20-14-6-8-16-22(20)24/h5-8,13-16,23-24H,3-4,11-12,17-18H2. The highest BCUT2D eigenvalue weighted by Gasteiger charge is 1.97. The van der Waals surface area contributed by atoms with Crippen LogP contribution in [0.1, 0.15) is 24.0 Å². The number of phenolic OH excluding ortho intramolecular Hbond substituents is 2. The molecule has 0 bridgehead atoms. The van der Waals surface area contributed by atoms with Crippen molar-refractivity contribution in [3.63, 3.8) is 0 Å². The lowest BCUT2D eigenvalue weighted by Gasteiger charge is -2.00. The van der Waals surface area contributed by atoms with Gasteiger partial charge in [-0.2, -0.15) is 0 Å². The molecular formula is C22H22O2S. The predicted octanol–water partition coefficient (Wildman–Crippen LogP) is 4.40. The fraction of sp³-hybridized carbons (Fsp3) is 0.273. The van der Waals surface area contributed by atoms with Gasteiger partial charge >= 0.3 is 0 Å². The average molecular weight is 350 g/mol. The monoisotopic (exact) mass is 350 g/mol. The van der Waals surface area contributed by atoms with E-state index in [0.29, 0.717) is 11.5 Å². The molecule has 0 saturated carbocycles. The first-order valence-corrected chi connectivity index (χ1v) is 9.46. The van der Waals surface area contributed by atoms with Crippen LogP contribution in [0.25, 0.3) is 0 Å². The van der Waals surface area contributed by atoms with Crippen LogP contribution in [0.15, 0.2) is 48.5 Å². The third kappa shape index (κ3) is 7.29. The number of aromatic hydroxyl groups is 2. The van der Waals surface area contributed by atoms with Gasteiger partial charge in [0.2, 0.25) is 0 Å². The van der Waals surface area contributed by atoms with E-state index in [2.05, 4.69) is 23.7 Å². The van der Waals surface area contributed by atoms with Gasteiger partial charge in [0.15, 0.2) is 0 Å². The van der Waals surface area contributed by atoms with E-state index in [9.17, 15) is 10.2 Å². The molecule has 0 radical (unpaired) electrons. The van der Waals surface area contributed by atoms with Crippen molar-refractivity contribution in [1.82, 2.24) is 0 Å². The second kappa shape index (κ2) is 11.1. The Labute approximate surface area is 154 Å². The summed E-state index contributed by atoms with van der Waals surface area (Å²) in [4.78, 5) is 0. The Balaban J connectivity index is 1.56. The van der Waals surface area contributed by atoms with Gasteiger partial charge in [0.1, 0.15) is 11.5 Å². The molecule has 0 aliphatic rings. The largest absolute Gasteiger partial charge is 0.508 e. The summed E-state index contributed by atoms with van der Waals surface area (Å²) in [6.07, 6.45) is 3.06. The van der Waals surface area contributed by atoms with Gasteiger partial charge in [0, 0.05) is 12.8 Å². The number of benzene rings is 2. The minimum Gasteiger partial charge on any atom is -0.508 e. The maximum absolute atomic E-state index is 9.66. The molecule has 2 N–H and O–H groups in total. The first-order valence-electron chi connectivity index (χ1n) is 8.30. The number of rotatable bonds is 6. The van der Waals surface area contributed by atoms with Crippen LogP contribution < -0.4 is 0 Å². The lowest BCUT2D eigenvalue weighted by molar-refractivity contribution is 0.468. The quantitative estimate of drug-likeness (QED) is 0.599. The molecular weight excluding hydrogens is 328 g/mol. The van der Waals surface area contributed by atoms with E-state index in [0.717, 1.165) is 48.3 Å². The molecule has 0 aliphatic heterocycles. The van der Waals surface area contributed by atoms with Crippen molar-refractivity contribution in [3.8, 4) is 35.2 Å². The summed E-state index contributed by atoms with van der Waals surface area (Å²) < 4.78 is 0. The zero-order chi connectivity index (χ0) is 17.7. The number of thioether (sulfide) groups is 1. The van der Waals surface area contributed by atoms with Crippen molar-refractivity contribution in [2.45, 2.75) is 25.7 Å². The van der Waals surface area contributed by atoms with Crippen LogP contribution in [0, 0.1) is 23.7 Å². The third-order valence-electron chi connectivity index (χ3n) is 3.62. The Hall–Kier alpha value is -2.49. The molecule has 0 atom stereocenters. The zero-order valence-corrected chi connectivity index (χ0v) is 15.0. The van der Waals surface area contributed by atoms with Crippen LogP contribution >= 0.6 is 11.8 Å². The van der Waals surface area contributed by atoms with Crippen LogP contribution in [-0.4, -0.2) is 21.7 Å². The maximum Gasteiger partial charge on any atom is 0.118 e. The van der Waals surface area contributed by atoms with Crippen molar-refractivity contribution in [2.24, 2.45) is 0 Å².